The Kier molecular flexibility index (Phi) is 21.3. The maximum Gasteiger partial charge on any atom is 0.150 e. The Morgan fingerprint density at radius 1 is 0.167 bits per heavy atom. The number of benzene rings is 10. The van der Waals surface area contributed by atoms with E-state index in [-0.39, 0.29) is 0 Å². The van der Waals surface area contributed by atoms with Gasteiger partial charge in [0.25, 0.3) is 0 Å². The van der Waals surface area contributed by atoms with Crippen LogP contribution >= 0.6 is 0 Å². The van der Waals surface area contributed by atoms with Gasteiger partial charge in [0.2, 0.25) is 0 Å². The second-order valence-electron chi connectivity index (χ2n) is 21.4. The van der Waals surface area contributed by atoms with Crippen molar-refractivity contribution < 1.29 is 28.5 Å². The van der Waals surface area contributed by atoms with E-state index in [1.165, 1.54) is 0 Å². The fraction of sp³-hybridized carbons (Fsp3) is 0.0476. The number of carbonyl (C=O) groups is 2. The lowest BCUT2D eigenvalue weighted by Crippen LogP contribution is -1.85. The summed E-state index contributed by atoms with van der Waals surface area (Å²) in [5.41, 5.74) is 19.9. The number of rotatable bonds is 24. The Hall–Kier alpha value is -11.6. The van der Waals surface area contributed by atoms with Gasteiger partial charge in [0.05, 0.1) is 28.4 Å². The Balaban J connectivity index is 1.04. The molecule has 440 valence electrons. The highest BCUT2D eigenvalue weighted by Gasteiger charge is 2.05. The van der Waals surface area contributed by atoms with E-state index in [9.17, 15) is 9.59 Å². The molecule has 6 heteroatoms. The molecule has 0 heterocycles. The Labute approximate surface area is 528 Å². The summed E-state index contributed by atoms with van der Waals surface area (Å²) in [7, 11) is 6.71. The molecular formula is C84H68O6. The lowest BCUT2D eigenvalue weighted by molar-refractivity contribution is 0.111. The molecule has 0 bridgehead atoms. The molecule has 0 fully saturated rings. The quantitative estimate of drug-likeness (QED) is 0.0443. The normalized spacial score (nSPS) is 11.9. The predicted octanol–water partition coefficient (Wildman–Crippen LogP) is 20.9. The highest BCUT2D eigenvalue weighted by molar-refractivity contribution is 5.85. The van der Waals surface area contributed by atoms with Gasteiger partial charge in [-0.1, -0.05) is 206 Å². The maximum absolute atomic E-state index is 11.4. The predicted molar refractivity (Wildman–Crippen MR) is 382 cm³/mol. The average Bonchev–Trinajstić information content (AvgIpc) is 3.76. The molecule has 0 N–H and O–H groups in total. The maximum atomic E-state index is 11.4. The summed E-state index contributed by atoms with van der Waals surface area (Å²) < 4.78 is 21.7. The van der Waals surface area contributed by atoms with Crippen LogP contribution in [0.4, 0.5) is 0 Å². The van der Waals surface area contributed by atoms with Crippen LogP contribution in [0.3, 0.4) is 0 Å². The summed E-state index contributed by atoms with van der Waals surface area (Å²) in [6.45, 7) is 0. The second-order valence-corrected chi connectivity index (χ2v) is 21.4. The number of carbonyl (C=O) groups excluding carboxylic acids is 2. The largest absolute Gasteiger partial charge is 0.497 e. The number of hydrogen-bond donors (Lipinski definition) is 0. The van der Waals surface area contributed by atoms with Crippen molar-refractivity contribution in [2.45, 2.75) is 0 Å². The fourth-order valence-electron chi connectivity index (χ4n) is 9.93. The van der Waals surface area contributed by atoms with E-state index >= 15 is 0 Å². The standard InChI is InChI=1S/C84H68O6/c1-87-81-39-31-63(32-40-81)11-21-71-48-72(22-12-64-33-41-82(88-2)42-34-64)53-76(52-71)26-29-79-56-78(28-25-75-50-69(19-9-61-5-15-67(59-85)16-6-61)47-70(51-75)20-10-62-7-17-68(60-86)18-8-62)57-80(58-79)30-27-77-54-73(23-13-65-35-43-83(89-3)44-36-65)49-74(55-77)24-14-66-37-45-84(90-4)46-38-66/h5-60H,1-4H3/b19-9+,20-10+,21-11+,22-12+,23-13+,24-14+,28-25+,29-26+,30-27+. The van der Waals surface area contributed by atoms with Crippen molar-refractivity contribution in [3.63, 3.8) is 0 Å². The molecule has 0 radical (unpaired) electrons. The fourth-order valence-corrected chi connectivity index (χ4v) is 9.93. The van der Waals surface area contributed by atoms with Gasteiger partial charge in [-0.05, 0) is 221 Å². The Morgan fingerprint density at radius 2 is 0.278 bits per heavy atom. The van der Waals surface area contributed by atoms with Gasteiger partial charge in [-0.3, -0.25) is 9.59 Å². The molecule has 90 heavy (non-hydrogen) atoms. The molecule has 0 aliphatic rings. The van der Waals surface area contributed by atoms with Crippen LogP contribution in [-0.2, 0) is 0 Å². The first kappa shape index (κ1) is 61.5. The molecule has 0 aromatic heterocycles. The summed E-state index contributed by atoms with van der Waals surface area (Å²) in [5, 5.41) is 0. The summed E-state index contributed by atoms with van der Waals surface area (Å²) in [4.78, 5) is 22.8. The third-order valence-electron chi connectivity index (χ3n) is 14.8. The molecule has 0 amide bonds. The van der Waals surface area contributed by atoms with Gasteiger partial charge in [-0.25, -0.2) is 0 Å². The second kappa shape index (κ2) is 31.2. The first-order valence-corrected chi connectivity index (χ1v) is 29.6. The van der Waals surface area contributed by atoms with Gasteiger partial charge in [0.1, 0.15) is 35.6 Å². The molecule has 0 unspecified atom stereocenters. The highest BCUT2D eigenvalue weighted by Crippen LogP contribution is 2.27. The van der Waals surface area contributed by atoms with Gasteiger partial charge in [0.15, 0.2) is 0 Å². The van der Waals surface area contributed by atoms with Gasteiger partial charge < -0.3 is 18.9 Å². The van der Waals surface area contributed by atoms with Crippen molar-refractivity contribution in [3.8, 4) is 23.0 Å². The third-order valence-corrected chi connectivity index (χ3v) is 14.8. The zero-order valence-corrected chi connectivity index (χ0v) is 50.8. The van der Waals surface area contributed by atoms with Crippen LogP contribution < -0.4 is 18.9 Å². The van der Waals surface area contributed by atoms with Crippen LogP contribution in [0.15, 0.2) is 218 Å². The SMILES string of the molecule is COc1ccc(/C=C/c2cc(/C=C/c3ccc(OC)cc3)cc(/C=C/c3cc(/C=C/c4cc(/C=C/c5ccc(C=O)cc5)cc(/C=C/c5ccc(C=O)cc5)c4)cc(/C=C/c4cc(/C=C/c5ccc(OC)cc5)cc(/C=C/c5ccc(OC)cc5)c4)c3)c2)cc1. The first-order chi connectivity index (χ1) is 44.1. The molecule has 10 rings (SSSR count). The first-order valence-electron chi connectivity index (χ1n) is 29.6. The van der Waals surface area contributed by atoms with Crippen molar-refractivity contribution in [1.29, 1.82) is 0 Å². The number of methoxy groups -OCH3 is 4. The Bertz CT molecular complexity index is 3940. The van der Waals surface area contributed by atoms with Crippen molar-refractivity contribution in [2.24, 2.45) is 0 Å². The molecule has 0 aliphatic heterocycles. The minimum atomic E-state index is 0.629. The number of hydrogen-bond acceptors (Lipinski definition) is 6. The van der Waals surface area contributed by atoms with E-state index in [4.69, 9.17) is 18.9 Å². The number of ether oxygens (including phenoxy) is 4. The van der Waals surface area contributed by atoms with Crippen LogP contribution in [0.5, 0.6) is 23.0 Å². The highest BCUT2D eigenvalue weighted by atomic mass is 16.5. The van der Waals surface area contributed by atoms with Crippen molar-refractivity contribution >= 4 is 122 Å². The summed E-state index contributed by atoms with van der Waals surface area (Å²) >= 11 is 0. The molecule has 10 aromatic rings. The van der Waals surface area contributed by atoms with E-state index in [1.807, 2.05) is 97.1 Å². The van der Waals surface area contributed by atoms with Crippen LogP contribution in [0.25, 0.3) is 109 Å². The van der Waals surface area contributed by atoms with E-state index in [1.54, 1.807) is 28.4 Å². The molecule has 0 spiro atoms. The van der Waals surface area contributed by atoms with Crippen molar-refractivity contribution in [2.75, 3.05) is 28.4 Å². The van der Waals surface area contributed by atoms with Crippen LogP contribution in [0.2, 0.25) is 0 Å². The molecule has 10 aromatic carbocycles. The lowest BCUT2D eigenvalue weighted by atomic mass is 9.99. The van der Waals surface area contributed by atoms with Gasteiger partial charge in [-0.15, -0.1) is 0 Å². The monoisotopic (exact) mass is 1170 g/mol. The smallest absolute Gasteiger partial charge is 0.150 e. The summed E-state index contributed by atoms with van der Waals surface area (Å²) in [6.07, 6.45) is 40.1. The van der Waals surface area contributed by atoms with Crippen LogP contribution in [-0.4, -0.2) is 41.0 Å². The number of aldehydes is 2. The van der Waals surface area contributed by atoms with E-state index < -0.39 is 0 Å². The zero-order chi connectivity index (χ0) is 62.3. The third kappa shape index (κ3) is 18.5. The van der Waals surface area contributed by atoms with E-state index in [0.717, 1.165) is 136 Å². The Morgan fingerprint density at radius 3 is 0.400 bits per heavy atom. The topological polar surface area (TPSA) is 71.1 Å². The van der Waals surface area contributed by atoms with Crippen LogP contribution in [0, 0.1) is 0 Å². The minimum absolute atomic E-state index is 0.629. The average molecular weight is 1170 g/mol. The lowest BCUT2D eigenvalue weighted by Gasteiger charge is -2.06. The molecule has 0 saturated heterocycles. The molecule has 0 saturated carbocycles. The van der Waals surface area contributed by atoms with Gasteiger partial charge in [0, 0.05) is 11.1 Å². The summed E-state index contributed by atoms with van der Waals surface area (Å²) in [5.74, 6) is 3.25. The van der Waals surface area contributed by atoms with Crippen LogP contribution in [0.1, 0.15) is 121 Å². The molecule has 0 aliphatic carbocycles. The van der Waals surface area contributed by atoms with E-state index in [0.29, 0.717) is 11.1 Å². The molecule has 6 nitrogen and oxygen atoms in total. The molecule has 0 atom stereocenters. The molecular weight excluding hydrogens is 1100 g/mol. The zero-order valence-electron chi connectivity index (χ0n) is 50.8. The van der Waals surface area contributed by atoms with Gasteiger partial charge in [-0.2, -0.15) is 0 Å². The van der Waals surface area contributed by atoms with E-state index in [2.05, 4.69) is 231 Å². The summed E-state index contributed by atoms with van der Waals surface area (Å²) in [6, 6.07) is 73.6. The van der Waals surface area contributed by atoms with Crippen molar-refractivity contribution in [3.05, 3.63) is 330 Å². The van der Waals surface area contributed by atoms with Crippen molar-refractivity contribution in [1.82, 2.24) is 0 Å². The minimum Gasteiger partial charge on any atom is -0.497 e. The van der Waals surface area contributed by atoms with Gasteiger partial charge >= 0.3 is 0 Å².